The summed E-state index contributed by atoms with van der Waals surface area (Å²) in [5.74, 6) is -0.524. The largest absolute Gasteiger partial charge is 0.308 e. The molecule has 1 aromatic heterocycles. The van der Waals surface area contributed by atoms with Gasteiger partial charge in [-0.25, -0.2) is 9.37 Å². The Balaban J connectivity index is 0.00000243. The monoisotopic (exact) mass is 393 g/mol. The average Bonchev–Trinajstić information content (AvgIpc) is 2.98. The Bertz CT molecular complexity index is 895. The van der Waals surface area contributed by atoms with Gasteiger partial charge < -0.3 is 4.90 Å². The minimum absolute atomic E-state index is 0. The fourth-order valence-electron chi connectivity index (χ4n) is 2.47. The topological polar surface area (TPSA) is 36.4 Å². The van der Waals surface area contributed by atoms with E-state index in [0.717, 1.165) is 15.8 Å². The van der Waals surface area contributed by atoms with Crippen LogP contribution in [-0.4, -0.2) is 43.0 Å². The number of amides is 1. The Morgan fingerprint density at radius 3 is 2.46 bits per heavy atom. The minimum Gasteiger partial charge on any atom is -0.308 e. The predicted molar refractivity (Wildman–Crippen MR) is 108 cm³/mol. The van der Waals surface area contributed by atoms with Gasteiger partial charge in [0.1, 0.15) is 5.82 Å². The number of anilines is 1. The second-order valence-corrected chi connectivity index (χ2v) is 7.24. The molecule has 0 aliphatic rings. The molecule has 0 atom stereocenters. The van der Waals surface area contributed by atoms with Gasteiger partial charge in [0, 0.05) is 18.7 Å². The molecule has 3 aromatic rings. The molecule has 7 heteroatoms. The second-order valence-electron chi connectivity index (χ2n) is 6.23. The normalized spacial score (nSPS) is 10.8. The maximum atomic E-state index is 13.2. The molecule has 0 aliphatic heterocycles. The van der Waals surface area contributed by atoms with E-state index in [9.17, 15) is 9.18 Å². The van der Waals surface area contributed by atoms with Crippen LogP contribution < -0.4 is 4.90 Å². The van der Waals surface area contributed by atoms with Crippen LogP contribution >= 0.6 is 23.7 Å². The highest BCUT2D eigenvalue weighted by molar-refractivity contribution is 7.22. The van der Waals surface area contributed by atoms with Crippen LogP contribution in [0.3, 0.4) is 0 Å². The van der Waals surface area contributed by atoms with Crippen molar-refractivity contribution in [3.63, 3.8) is 0 Å². The molecule has 4 nitrogen and oxygen atoms in total. The van der Waals surface area contributed by atoms with E-state index < -0.39 is 0 Å². The summed E-state index contributed by atoms with van der Waals surface area (Å²) in [4.78, 5) is 21.3. The zero-order chi connectivity index (χ0) is 18.0. The van der Waals surface area contributed by atoms with Gasteiger partial charge in [0.15, 0.2) is 5.13 Å². The summed E-state index contributed by atoms with van der Waals surface area (Å²) in [6.07, 6.45) is 0. The molecule has 0 bridgehead atoms. The highest BCUT2D eigenvalue weighted by Crippen LogP contribution is 2.30. The van der Waals surface area contributed by atoms with Crippen molar-refractivity contribution in [2.45, 2.75) is 6.92 Å². The number of aromatic nitrogens is 1. The lowest BCUT2D eigenvalue weighted by Crippen LogP contribution is -2.36. The highest BCUT2D eigenvalue weighted by Gasteiger charge is 2.21. The number of fused-ring (bicyclic) bond motifs is 1. The van der Waals surface area contributed by atoms with Crippen LogP contribution in [0.5, 0.6) is 0 Å². The number of hydrogen-bond donors (Lipinski definition) is 0. The third-order valence-corrected chi connectivity index (χ3v) is 4.91. The molecule has 0 aliphatic carbocycles. The molecule has 0 radical (unpaired) electrons. The third kappa shape index (κ3) is 4.58. The van der Waals surface area contributed by atoms with Crippen molar-refractivity contribution in [1.82, 2.24) is 9.88 Å². The van der Waals surface area contributed by atoms with Gasteiger partial charge in [0.2, 0.25) is 0 Å². The molecular formula is C19H21ClFN3OS. The first-order chi connectivity index (χ1) is 11.9. The Labute approximate surface area is 162 Å². The highest BCUT2D eigenvalue weighted by atomic mass is 35.5. The van der Waals surface area contributed by atoms with Crippen molar-refractivity contribution in [1.29, 1.82) is 0 Å². The number of thiazole rings is 1. The van der Waals surface area contributed by atoms with E-state index >= 15 is 0 Å². The van der Waals surface area contributed by atoms with E-state index in [1.807, 2.05) is 38.1 Å². The number of aryl methyl sites for hydroxylation is 1. The standard InChI is InChI=1S/C19H20FN3OS.ClH/c1-13-4-9-16-17(12-13)25-19(21-16)23(11-10-22(2)3)18(24)14-5-7-15(20)8-6-14;/h4-9,12H,10-11H2,1-3H3;1H. The van der Waals surface area contributed by atoms with Crippen LogP contribution in [0.25, 0.3) is 10.2 Å². The minimum atomic E-state index is -0.355. The SMILES string of the molecule is Cc1ccc2nc(N(CCN(C)C)C(=O)c3ccc(F)cc3)sc2c1.Cl. The van der Waals surface area contributed by atoms with Crippen molar-refractivity contribution in [2.24, 2.45) is 0 Å². The Morgan fingerprint density at radius 2 is 1.81 bits per heavy atom. The van der Waals surface area contributed by atoms with Gasteiger partial charge >= 0.3 is 0 Å². The van der Waals surface area contributed by atoms with Crippen molar-refractivity contribution in [3.8, 4) is 0 Å². The molecule has 138 valence electrons. The lowest BCUT2D eigenvalue weighted by molar-refractivity contribution is 0.0985. The van der Waals surface area contributed by atoms with Gasteiger partial charge in [-0.15, -0.1) is 12.4 Å². The molecule has 0 fully saturated rings. The summed E-state index contributed by atoms with van der Waals surface area (Å²) >= 11 is 1.50. The van der Waals surface area contributed by atoms with Crippen LogP contribution in [0.1, 0.15) is 15.9 Å². The van der Waals surface area contributed by atoms with Crippen LogP contribution in [0.15, 0.2) is 42.5 Å². The van der Waals surface area contributed by atoms with Crippen molar-refractivity contribution in [2.75, 3.05) is 32.1 Å². The van der Waals surface area contributed by atoms with Crippen molar-refractivity contribution >= 4 is 45.0 Å². The first kappa shape index (κ1) is 20.3. The van der Waals surface area contributed by atoms with Crippen molar-refractivity contribution in [3.05, 3.63) is 59.4 Å². The van der Waals surface area contributed by atoms with E-state index in [2.05, 4.69) is 11.1 Å². The van der Waals surface area contributed by atoms with E-state index in [1.165, 1.54) is 35.6 Å². The Hall–Kier alpha value is -2.02. The molecule has 0 spiro atoms. The van der Waals surface area contributed by atoms with Crippen molar-refractivity contribution < 1.29 is 9.18 Å². The number of carbonyl (C=O) groups excluding carboxylic acids is 1. The zero-order valence-corrected chi connectivity index (χ0v) is 16.5. The fraction of sp³-hybridized carbons (Fsp3) is 0.263. The first-order valence-corrected chi connectivity index (χ1v) is 8.85. The summed E-state index contributed by atoms with van der Waals surface area (Å²) in [6.45, 7) is 3.26. The predicted octanol–water partition coefficient (Wildman–Crippen LogP) is 4.37. The molecule has 1 amide bonds. The van der Waals surface area contributed by atoms with Gasteiger partial charge in [-0.1, -0.05) is 17.4 Å². The summed E-state index contributed by atoms with van der Waals surface area (Å²) in [6, 6.07) is 11.7. The fourth-order valence-corrected chi connectivity index (χ4v) is 3.56. The number of hydrogen-bond acceptors (Lipinski definition) is 4. The molecule has 2 aromatic carbocycles. The van der Waals surface area contributed by atoms with Crippen LogP contribution in [0.2, 0.25) is 0 Å². The molecule has 0 saturated carbocycles. The maximum absolute atomic E-state index is 13.2. The van der Waals surface area contributed by atoms with Crippen LogP contribution in [0.4, 0.5) is 9.52 Å². The summed E-state index contributed by atoms with van der Waals surface area (Å²) in [5.41, 5.74) is 2.50. The molecule has 3 rings (SSSR count). The molecule has 0 unspecified atom stereocenters. The van der Waals surface area contributed by atoms with Crippen LogP contribution in [-0.2, 0) is 0 Å². The molecule has 0 N–H and O–H groups in total. The zero-order valence-electron chi connectivity index (χ0n) is 14.9. The Morgan fingerprint density at radius 1 is 1.12 bits per heavy atom. The van der Waals surface area contributed by atoms with Crippen LogP contribution in [0, 0.1) is 12.7 Å². The van der Waals surface area contributed by atoms with E-state index in [4.69, 9.17) is 0 Å². The number of carbonyl (C=O) groups is 1. The van der Waals surface area contributed by atoms with Gasteiger partial charge in [-0.2, -0.15) is 0 Å². The molecule has 1 heterocycles. The number of benzene rings is 2. The molecule has 0 saturated heterocycles. The average molecular weight is 394 g/mol. The third-order valence-electron chi connectivity index (χ3n) is 3.87. The lowest BCUT2D eigenvalue weighted by Gasteiger charge is -2.22. The number of rotatable bonds is 5. The van der Waals surface area contributed by atoms with E-state index in [0.29, 0.717) is 23.8 Å². The number of nitrogens with zero attached hydrogens (tertiary/aromatic N) is 3. The second kappa shape index (κ2) is 8.58. The number of halogens is 2. The number of likely N-dealkylation sites (N-methyl/N-ethyl adjacent to an activating group) is 1. The lowest BCUT2D eigenvalue weighted by atomic mass is 10.2. The molecule has 26 heavy (non-hydrogen) atoms. The van der Waals surface area contributed by atoms with E-state index in [1.54, 1.807) is 4.90 Å². The quantitative estimate of drug-likeness (QED) is 0.645. The smallest absolute Gasteiger partial charge is 0.260 e. The summed E-state index contributed by atoms with van der Waals surface area (Å²) in [5, 5.41) is 0.664. The van der Waals surface area contributed by atoms with Gasteiger partial charge in [-0.3, -0.25) is 9.69 Å². The molecular weight excluding hydrogens is 373 g/mol. The first-order valence-electron chi connectivity index (χ1n) is 8.03. The van der Waals surface area contributed by atoms with Gasteiger partial charge in [0.25, 0.3) is 5.91 Å². The summed E-state index contributed by atoms with van der Waals surface area (Å²) in [7, 11) is 3.92. The van der Waals surface area contributed by atoms with Gasteiger partial charge in [0.05, 0.1) is 10.2 Å². The van der Waals surface area contributed by atoms with Gasteiger partial charge in [-0.05, 0) is 63.0 Å². The summed E-state index contributed by atoms with van der Waals surface area (Å²) < 4.78 is 14.2. The Kier molecular flexibility index (Phi) is 6.69. The van der Waals surface area contributed by atoms with E-state index in [-0.39, 0.29) is 24.1 Å². The maximum Gasteiger partial charge on any atom is 0.260 e.